The first-order chi connectivity index (χ1) is 19.7. The van der Waals surface area contributed by atoms with Crippen LogP contribution in [0.25, 0.3) is 27.8 Å². The van der Waals surface area contributed by atoms with Gasteiger partial charge in [0.15, 0.2) is 11.6 Å². The number of H-pyrrole nitrogens is 1. The Hall–Kier alpha value is -4.34. The highest BCUT2D eigenvalue weighted by molar-refractivity contribution is 5.99. The van der Waals surface area contributed by atoms with Gasteiger partial charge in [0, 0.05) is 48.4 Å². The molecule has 0 saturated heterocycles. The molecule has 1 N–H and O–H groups in total. The Kier molecular flexibility index (Phi) is 6.71. The van der Waals surface area contributed by atoms with Crippen LogP contribution in [-0.2, 0) is 32.0 Å². The Morgan fingerprint density at radius 2 is 1.80 bits per heavy atom. The molecule has 0 unspecified atom stereocenters. The lowest BCUT2D eigenvalue weighted by Gasteiger charge is -2.28. The molecule has 0 amide bonds. The van der Waals surface area contributed by atoms with E-state index in [0.717, 1.165) is 63.1 Å². The smallest absolute Gasteiger partial charge is 0.417 e. The summed E-state index contributed by atoms with van der Waals surface area (Å²) in [6.07, 6.45) is -0.0230. The maximum atomic E-state index is 15.0. The van der Waals surface area contributed by atoms with Gasteiger partial charge in [-0.05, 0) is 48.2 Å². The summed E-state index contributed by atoms with van der Waals surface area (Å²) in [6, 6.07) is 12.7. The van der Waals surface area contributed by atoms with Crippen LogP contribution in [0.4, 0.5) is 23.4 Å². The van der Waals surface area contributed by atoms with Gasteiger partial charge >= 0.3 is 6.18 Å². The zero-order chi connectivity index (χ0) is 28.9. The van der Waals surface area contributed by atoms with Crippen molar-refractivity contribution in [2.24, 2.45) is 0 Å². The summed E-state index contributed by atoms with van der Waals surface area (Å²) in [5.74, 6) is -0.402. The van der Waals surface area contributed by atoms with Crippen LogP contribution >= 0.6 is 0 Å². The van der Waals surface area contributed by atoms with Crippen molar-refractivity contribution in [2.75, 3.05) is 18.6 Å². The number of nitrogens with zero attached hydrogens (tertiary/aromatic N) is 4. The number of benzene rings is 2. The molecule has 2 aromatic carbocycles. The zero-order valence-corrected chi connectivity index (χ0v) is 22.9. The maximum Gasteiger partial charge on any atom is 0.417 e. The van der Waals surface area contributed by atoms with Gasteiger partial charge in [0.25, 0.3) is 0 Å². The molecule has 1 aliphatic rings. The van der Waals surface area contributed by atoms with Gasteiger partial charge in [0.1, 0.15) is 5.75 Å². The number of aromatic amines is 1. The second kappa shape index (κ2) is 10.2. The number of alkyl halides is 3. The standard InChI is InChI=1S/C31H29F4N5O/c1-4-18-7-6-8-19(5-2)28(18)40-29(22-9-10-26(41-3)27-21(22)11-13-36-27)23-17-39(14-12-25(23)38-40)30-24(32)15-20(16-37-30)31(33,34)35/h6-11,13,15-16,36H,4-5,12,14,17H2,1-3H3. The summed E-state index contributed by atoms with van der Waals surface area (Å²) < 4.78 is 62.2. The number of pyridine rings is 1. The Bertz CT molecular complexity index is 1730. The Balaban J connectivity index is 1.57. The van der Waals surface area contributed by atoms with Gasteiger partial charge in [0.2, 0.25) is 0 Å². The molecule has 5 aromatic rings. The number of nitrogens with one attached hydrogen (secondary N) is 1. The molecular formula is C31H29F4N5O. The molecule has 6 nitrogen and oxygen atoms in total. The number of aromatic nitrogens is 4. The summed E-state index contributed by atoms with van der Waals surface area (Å²) in [5.41, 5.74) is 6.59. The van der Waals surface area contributed by atoms with Crippen molar-refractivity contribution in [2.45, 2.75) is 45.8 Å². The summed E-state index contributed by atoms with van der Waals surface area (Å²) in [5, 5.41) is 6.07. The number of rotatable bonds is 6. The fourth-order valence-corrected chi connectivity index (χ4v) is 5.80. The van der Waals surface area contributed by atoms with Gasteiger partial charge in [-0.2, -0.15) is 18.3 Å². The molecule has 0 atom stereocenters. The number of anilines is 1. The first-order valence-electron chi connectivity index (χ1n) is 13.6. The molecule has 212 valence electrons. The molecule has 0 aliphatic carbocycles. The normalized spacial score (nSPS) is 13.6. The number of fused-ring (bicyclic) bond motifs is 2. The minimum absolute atomic E-state index is 0.105. The fraction of sp³-hybridized carbons (Fsp3) is 0.290. The van der Waals surface area contributed by atoms with E-state index in [4.69, 9.17) is 9.84 Å². The Morgan fingerprint density at radius 1 is 1.05 bits per heavy atom. The number of halogens is 4. The molecule has 0 radical (unpaired) electrons. The van der Waals surface area contributed by atoms with Crippen LogP contribution in [0, 0.1) is 5.82 Å². The fourth-order valence-electron chi connectivity index (χ4n) is 5.80. The first kappa shape index (κ1) is 26.9. The number of methoxy groups -OCH3 is 1. The van der Waals surface area contributed by atoms with Crippen molar-refractivity contribution in [3.63, 3.8) is 0 Å². The predicted molar refractivity (Wildman–Crippen MR) is 150 cm³/mol. The quantitative estimate of drug-likeness (QED) is 0.221. The van der Waals surface area contributed by atoms with E-state index in [1.54, 1.807) is 12.0 Å². The van der Waals surface area contributed by atoms with E-state index in [9.17, 15) is 13.2 Å². The molecule has 0 fully saturated rings. The van der Waals surface area contributed by atoms with Gasteiger partial charge in [-0.15, -0.1) is 0 Å². The Labute approximate surface area is 234 Å². The average molecular weight is 564 g/mol. The highest BCUT2D eigenvalue weighted by atomic mass is 19.4. The average Bonchev–Trinajstić information content (AvgIpc) is 3.61. The van der Waals surface area contributed by atoms with E-state index in [1.165, 1.54) is 0 Å². The number of hydrogen-bond donors (Lipinski definition) is 1. The number of ether oxygens (including phenoxy) is 1. The molecule has 0 spiro atoms. The van der Waals surface area contributed by atoms with E-state index < -0.39 is 17.6 Å². The van der Waals surface area contributed by atoms with Gasteiger partial charge in [-0.1, -0.05) is 32.0 Å². The molecule has 6 rings (SSSR count). The third-order valence-electron chi connectivity index (χ3n) is 7.82. The molecule has 3 aromatic heterocycles. The van der Waals surface area contributed by atoms with Crippen molar-refractivity contribution in [3.8, 4) is 22.7 Å². The molecule has 10 heteroatoms. The topological polar surface area (TPSA) is 59.0 Å². The van der Waals surface area contributed by atoms with E-state index in [-0.39, 0.29) is 12.4 Å². The minimum Gasteiger partial charge on any atom is -0.495 e. The molecule has 0 saturated carbocycles. The van der Waals surface area contributed by atoms with Crippen molar-refractivity contribution in [1.29, 1.82) is 0 Å². The summed E-state index contributed by atoms with van der Waals surface area (Å²) >= 11 is 0. The van der Waals surface area contributed by atoms with Gasteiger partial charge in [0.05, 0.1) is 35.3 Å². The molecule has 0 bridgehead atoms. The van der Waals surface area contributed by atoms with Crippen LogP contribution in [0.1, 0.15) is 41.8 Å². The summed E-state index contributed by atoms with van der Waals surface area (Å²) in [7, 11) is 1.62. The lowest BCUT2D eigenvalue weighted by atomic mass is 9.97. The third kappa shape index (κ3) is 4.51. The number of hydrogen-bond acceptors (Lipinski definition) is 4. The largest absolute Gasteiger partial charge is 0.495 e. The van der Waals surface area contributed by atoms with E-state index >= 15 is 4.39 Å². The lowest BCUT2D eigenvalue weighted by Crippen LogP contribution is -2.32. The minimum atomic E-state index is -4.67. The van der Waals surface area contributed by atoms with Crippen LogP contribution in [0.2, 0.25) is 0 Å². The van der Waals surface area contributed by atoms with Crippen molar-refractivity contribution >= 4 is 16.7 Å². The van der Waals surface area contributed by atoms with Crippen molar-refractivity contribution < 1.29 is 22.3 Å². The number of para-hydroxylation sites is 1. The van der Waals surface area contributed by atoms with Crippen LogP contribution in [0.15, 0.2) is 54.9 Å². The van der Waals surface area contributed by atoms with Crippen molar-refractivity contribution in [1.82, 2.24) is 19.7 Å². The summed E-state index contributed by atoms with van der Waals surface area (Å²) in [6.45, 7) is 4.84. The first-order valence-corrected chi connectivity index (χ1v) is 13.6. The van der Waals surface area contributed by atoms with E-state index in [0.29, 0.717) is 31.0 Å². The monoisotopic (exact) mass is 563 g/mol. The SMILES string of the molecule is CCc1cccc(CC)c1-n1nc2c(c1-c1ccc(OC)c3[nH]ccc13)CN(c1ncc(C(F)(F)F)cc1F)CC2. The van der Waals surface area contributed by atoms with Crippen LogP contribution in [-0.4, -0.2) is 33.4 Å². The second-order valence-corrected chi connectivity index (χ2v) is 10.1. The van der Waals surface area contributed by atoms with Crippen LogP contribution < -0.4 is 9.64 Å². The van der Waals surface area contributed by atoms with Gasteiger partial charge < -0.3 is 14.6 Å². The van der Waals surface area contributed by atoms with Gasteiger partial charge in [-0.3, -0.25) is 0 Å². The van der Waals surface area contributed by atoms with Gasteiger partial charge in [-0.25, -0.2) is 14.1 Å². The van der Waals surface area contributed by atoms with E-state index in [2.05, 4.69) is 42.0 Å². The molecule has 41 heavy (non-hydrogen) atoms. The Morgan fingerprint density at radius 3 is 2.46 bits per heavy atom. The lowest BCUT2D eigenvalue weighted by molar-refractivity contribution is -0.138. The third-order valence-corrected chi connectivity index (χ3v) is 7.82. The maximum absolute atomic E-state index is 15.0. The second-order valence-electron chi connectivity index (χ2n) is 10.1. The zero-order valence-electron chi connectivity index (χ0n) is 22.9. The van der Waals surface area contributed by atoms with Crippen LogP contribution in [0.5, 0.6) is 5.75 Å². The molecular weight excluding hydrogens is 534 g/mol. The molecule has 1 aliphatic heterocycles. The predicted octanol–water partition coefficient (Wildman–Crippen LogP) is 7.27. The van der Waals surface area contributed by atoms with E-state index in [1.807, 2.05) is 29.1 Å². The highest BCUT2D eigenvalue weighted by Crippen LogP contribution is 2.41. The van der Waals surface area contributed by atoms with Crippen LogP contribution in [0.3, 0.4) is 0 Å². The summed E-state index contributed by atoms with van der Waals surface area (Å²) in [4.78, 5) is 8.87. The van der Waals surface area contributed by atoms with Crippen molar-refractivity contribution in [3.05, 3.63) is 88.6 Å². The molecule has 4 heterocycles. The number of aryl methyl sites for hydroxylation is 2. The highest BCUT2D eigenvalue weighted by Gasteiger charge is 2.34.